The van der Waals surface area contributed by atoms with Crippen molar-refractivity contribution in [2.75, 3.05) is 13.7 Å². The lowest BCUT2D eigenvalue weighted by atomic mass is 9.90. The summed E-state index contributed by atoms with van der Waals surface area (Å²) in [7, 11) is 1.36. The van der Waals surface area contributed by atoms with E-state index in [9.17, 15) is 14.9 Å². The van der Waals surface area contributed by atoms with Crippen LogP contribution in [0.5, 0.6) is 11.5 Å². The number of methoxy groups -OCH3 is 1. The SMILES string of the molecule is CCCOC1C(=O)CC1Oc1ccc(OC)c([N+](=O)[O-])c1. The fourth-order valence-corrected chi connectivity index (χ4v) is 2.08. The Morgan fingerprint density at radius 2 is 2.19 bits per heavy atom. The van der Waals surface area contributed by atoms with Crippen LogP contribution in [0.2, 0.25) is 0 Å². The van der Waals surface area contributed by atoms with Crippen LogP contribution < -0.4 is 9.47 Å². The van der Waals surface area contributed by atoms with Gasteiger partial charge in [-0.05, 0) is 18.6 Å². The Bertz CT molecular complexity index is 544. The second-order valence-corrected chi connectivity index (χ2v) is 4.71. The first-order valence-electron chi connectivity index (χ1n) is 6.70. The zero-order valence-corrected chi connectivity index (χ0v) is 11.9. The number of benzene rings is 1. The summed E-state index contributed by atoms with van der Waals surface area (Å²) in [5.74, 6) is 0.484. The topological polar surface area (TPSA) is 87.9 Å². The van der Waals surface area contributed by atoms with Gasteiger partial charge in [-0.3, -0.25) is 14.9 Å². The monoisotopic (exact) mass is 295 g/mol. The number of nitro groups is 1. The highest BCUT2D eigenvalue weighted by Gasteiger charge is 2.42. The van der Waals surface area contributed by atoms with Crippen LogP contribution in [-0.4, -0.2) is 36.6 Å². The van der Waals surface area contributed by atoms with Gasteiger partial charge in [0.25, 0.3) is 0 Å². The molecule has 1 aromatic carbocycles. The van der Waals surface area contributed by atoms with Gasteiger partial charge in [0.05, 0.1) is 18.1 Å². The van der Waals surface area contributed by atoms with Gasteiger partial charge >= 0.3 is 5.69 Å². The van der Waals surface area contributed by atoms with Crippen LogP contribution in [0, 0.1) is 10.1 Å². The van der Waals surface area contributed by atoms with Gasteiger partial charge < -0.3 is 14.2 Å². The molecule has 0 radical (unpaired) electrons. The minimum atomic E-state index is -0.578. The fourth-order valence-electron chi connectivity index (χ4n) is 2.08. The van der Waals surface area contributed by atoms with Crippen LogP contribution in [-0.2, 0) is 9.53 Å². The number of hydrogen-bond donors (Lipinski definition) is 0. The van der Waals surface area contributed by atoms with Crippen LogP contribution in [0.25, 0.3) is 0 Å². The van der Waals surface area contributed by atoms with E-state index in [0.29, 0.717) is 12.4 Å². The van der Waals surface area contributed by atoms with Gasteiger partial charge in [-0.2, -0.15) is 0 Å². The number of carbonyl (C=O) groups excluding carboxylic acids is 1. The number of nitrogens with zero attached hydrogens (tertiary/aromatic N) is 1. The Morgan fingerprint density at radius 3 is 2.76 bits per heavy atom. The summed E-state index contributed by atoms with van der Waals surface area (Å²) in [5, 5.41) is 11.0. The molecule has 2 atom stereocenters. The molecule has 21 heavy (non-hydrogen) atoms. The predicted molar refractivity (Wildman–Crippen MR) is 73.7 cm³/mol. The molecular formula is C14H17NO6. The molecule has 1 aliphatic carbocycles. The Morgan fingerprint density at radius 1 is 1.43 bits per heavy atom. The molecule has 0 aromatic heterocycles. The van der Waals surface area contributed by atoms with E-state index in [1.165, 1.54) is 19.2 Å². The van der Waals surface area contributed by atoms with E-state index in [1.54, 1.807) is 6.07 Å². The number of carbonyl (C=O) groups is 1. The molecule has 0 bridgehead atoms. The van der Waals surface area contributed by atoms with Gasteiger partial charge in [-0.25, -0.2) is 0 Å². The molecular weight excluding hydrogens is 278 g/mol. The number of nitro benzene ring substituents is 1. The maximum atomic E-state index is 11.5. The average molecular weight is 295 g/mol. The van der Waals surface area contributed by atoms with Crippen LogP contribution in [0.4, 0.5) is 5.69 Å². The van der Waals surface area contributed by atoms with Crippen molar-refractivity contribution < 1.29 is 23.9 Å². The highest BCUT2D eigenvalue weighted by atomic mass is 16.6. The zero-order valence-electron chi connectivity index (χ0n) is 11.9. The summed E-state index contributed by atoms with van der Waals surface area (Å²) in [6.07, 6.45) is 0.0989. The van der Waals surface area contributed by atoms with E-state index in [0.717, 1.165) is 6.42 Å². The van der Waals surface area contributed by atoms with Gasteiger partial charge in [0.15, 0.2) is 17.6 Å². The summed E-state index contributed by atoms with van der Waals surface area (Å²) >= 11 is 0. The van der Waals surface area contributed by atoms with Crippen molar-refractivity contribution in [3.8, 4) is 11.5 Å². The number of ether oxygens (including phenoxy) is 3. The normalized spacial score (nSPS) is 20.8. The summed E-state index contributed by atoms with van der Waals surface area (Å²) in [4.78, 5) is 21.9. The highest BCUT2D eigenvalue weighted by Crippen LogP contribution is 2.33. The standard InChI is InChI=1S/C14H17NO6/c1-3-6-20-14-11(16)8-13(14)21-9-4-5-12(19-2)10(7-9)15(17)18/h4-5,7,13-14H,3,6,8H2,1-2H3. The van der Waals surface area contributed by atoms with Crippen molar-refractivity contribution in [1.82, 2.24) is 0 Å². The Labute approximate surface area is 122 Å². The maximum absolute atomic E-state index is 11.5. The molecule has 0 amide bonds. The number of hydrogen-bond acceptors (Lipinski definition) is 6. The molecule has 1 fully saturated rings. The van der Waals surface area contributed by atoms with Crippen LogP contribution in [0.15, 0.2) is 18.2 Å². The van der Waals surface area contributed by atoms with Gasteiger partial charge in [0.2, 0.25) is 0 Å². The van der Waals surface area contributed by atoms with Gasteiger partial charge in [-0.15, -0.1) is 0 Å². The van der Waals surface area contributed by atoms with E-state index in [4.69, 9.17) is 14.2 Å². The van der Waals surface area contributed by atoms with Crippen molar-refractivity contribution in [2.24, 2.45) is 0 Å². The highest BCUT2D eigenvalue weighted by molar-refractivity contribution is 5.90. The van der Waals surface area contributed by atoms with E-state index in [2.05, 4.69) is 0 Å². The van der Waals surface area contributed by atoms with Crippen molar-refractivity contribution >= 4 is 11.5 Å². The zero-order chi connectivity index (χ0) is 15.4. The second-order valence-electron chi connectivity index (χ2n) is 4.71. The molecule has 114 valence electrons. The lowest BCUT2D eigenvalue weighted by Gasteiger charge is -2.34. The van der Waals surface area contributed by atoms with E-state index < -0.39 is 17.1 Å². The molecule has 1 aromatic rings. The first kappa shape index (κ1) is 15.2. The Balaban J connectivity index is 2.08. The Hall–Kier alpha value is -2.15. The Kier molecular flexibility index (Phi) is 4.74. The fraction of sp³-hybridized carbons (Fsp3) is 0.500. The first-order chi connectivity index (χ1) is 10.1. The van der Waals surface area contributed by atoms with Crippen LogP contribution in [0.3, 0.4) is 0 Å². The van der Waals surface area contributed by atoms with Crippen LogP contribution in [0.1, 0.15) is 19.8 Å². The molecule has 0 heterocycles. The first-order valence-corrected chi connectivity index (χ1v) is 6.70. The molecule has 0 aliphatic heterocycles. The average Bonchev–Trinajstić information content (AvgIpc) is 2.46. The lowest BCUT2D eigenvalue weighted by molar-refractivity contribution is -0.385. The number of Topliss-reactive ketones (excluding diaryl/α,β-unsaturated/α-hetero) is 1. The number of ketones is 1. The third-order valence-corrected chi connectivity index (χ3v) is 3.19. The van der Waals surface area contributed by atoms with Crippen molar-refractivity contribution in [1.29, 1.82) is 0 Å². The molecule has 1 aliphatic rings. The molecule has 1 saturated carbocycles. The van der Waals surface area contributed by atoms with Crippen molar-refractivity contribution in [3.05, 3.63) is 28.3 Å². The summed E-state index contributed by atoms with van der Waals surface area (Å²) in [6.45, 7) is 2.44. The molecule has 0 N–H and O–H groups in total. The van der Waals surface area contributed by atoms with E-state index in [1.807, 2.05) is 6.92 Å². The van der Waals surface area contributed by atoms with Gasteiger partial charge in [-0.1, -0.05) is 6.92 Å². The summed E-state index contributed by atoms with van der Waals surface area (Å²) in [5.41, 5.74) is -0.174. The third-order valence-electron chi connectivity index (χ3n) is 3.19. The quantitative estimate of drug-likeness (QED) is 0.565. The van der Waals surface area contributed by atoms with Crippen molar-refractivity contribution in [2.45, 2.75) is 32.0 Å². The van der Waals surface area contributed by atoms with E-state index >= 15 is 0 Å². The third kappa shape index (κ3) is 3.30. The molecule has 7 nitrogen and oxygen atoms in total. The minimum absolute atomic E-state index is 0.00328. The maximum Gasteiger partial charge on any atom is 0.314 e. The largest absolute Gasteiger partial charge is 0.490 e. The summed E-state index contributed by atoms with van der Waals surface area (Å²) in [6, 6.07) is 4.33. The molecule has 0 saturated heterocycles. The number of rotatable bonds is 7. The minimum Gasteiger partial charge on any atom is -0.490 e. The van der Waals surface area contributed by atoms with Gasteiger partial charge in [0, 0.05) is 13.0 Å². The lowest BCUT2D eigenvalue weighted by Crippen LogP contribution is -2.52. The molecule has 0 spiro atoms. The predicted octanol–water partition coefficient (Wildman–Crippen LogP) is 2.12. The van der Waals surface area contributed by atoms with E-state index in [-0.39, 0.29) is 23.6 Å². The van der Waals surface area contributed by atoms with Crippen LogP contribution >= 0.6 is 0 Å². The second kappa shape index (κ2) is 6.53. The molecule has 2 rings (SSSR count). The van der Waals surface area contributed by atoms with Gasteiger partial charge in [0.1, 0.15) is 11.9 Å². The molecule has 7 heteroatoms. The van der Waals surface area contributed by atoms with Crippen molar-refractivity contribution in [3.63, 3.8) is 0 Å². The smallest absolute Gasteiger partial charge is 0.314 e. The molecule has 2 unspecified atom stereocenters. The summed E-state index contributed by atoms with van der Waals surface area (Å²) < 4.78 is 16.0.